The molecule has 0 aliphatic carbocycles. The number of para-hydroxylation sites is 2. The standard InChI is InChI=1S/C13H9N3O4S/c14-9-10-5-1-2-6-11(10)15-21(19,20)13-8-4-3-7-12(13)16(17)18/h1-8,15H. The van der Waals surface area contributed by atoms with E-state index in [-0.39, 0.29) is 11.3 Å². The van der Waals surface area contributed by atoms with Crippen molar-refractivity contribution in [3.63, 3.8) is 0 Å². The molecule has 0 heterocycles. The molecule has 0 fully saturated rings. The Morgan fingerprint density at radius 3 is 2.38 bits per heavy atom. The van der Waals surface area contributed by atoms with E-state index in [1.165, 1.54) is 24.3 Å². The topological polar surface area (TPSA) is 113 Å². The average molecular weight is 303 g/mol. The normalized spacial score (nSPS) is 10.6. The molecule has 0 unspecified atom stereocenters. The Morgan fingerprint density at radius 2 is 1.71 bits per heavy atom. The van der Waals surface area contributed by atoms with Crippen LogP contribution in [-0.2, 0) is 10.0 Å². The molecule has 2 rings (SSSR count). The number of hydrogen-bond donors (Lipinski definition) is 1. The van der Waals surface area contributed by atoms with Crippen LogP contribution in [0.4, 0.5) is 11.4 Å². The van der Waals surface area contributed by atoms with Gasteiger partial charge in [0.1, 0.15) is 6.07 Å². The molecular weight excluding hydrogens is 294 g/mol. The Hall–Kier alpha value is -2.92. The van der Waals surface area contributed by atoms with Gasteiger partial charge < -0.3 is 0 Å². The van der Waals surface area contributed by atoms with E-state index < -0.39 is 25.5 Å². The van der Waals surface area contributed by atoms with Crippen molar-refractivity contribution in [2.24, 2.45) is 0 Å². The van der Waals surface area contributed by atoms with E-state index in [0.717, 1.165) is 12.1 Å². The minimum absolute atomic E-state index is 0.0677. The van der Waals surface area contributed by atoms with Crippen LogP contribution in [0.1, 0.15) is 5.56 Å². The fourth-order valence-electron chi connectivity index (χ4n) is 1.70. The van der Waals surface area contributed by atoms with Crippen LogP contribution in [0.3, 0.4) is 0 Å². The number of hydrogen-bond acceptors (Lipinski definition) is 5. The molecule has 0 saturated carbocycles. The molecular formula is C13H9N3O4S. The third kappa shape index (κ3) is 2.98. The van der Waals surface area contributed by atoms with Gasteiger partial charge in [0.05, 0.1) is 16.2 Å². The van der Waals surface area contributed by atoms with Crippen molar-refractivity contribution in [1.82, 2.24) is 0 Å². The Bertz CT molecular complexity index is 840. The average Bonchev–Trinajstić information content (AvgIpc) is 2.47. The Kier molecular flexibility index (Phi) is 3.86. The number of sulfonamides is 1. The lowest BCUT2D eigenvalue weighted by molar-refractivity contribution is -0.387. The number of benzene rings is 2. The predicted octanol–water partition coefficient (Wildman–Crippen LogP) is 2.27. The van der Waals surface area contributed by atoms with E-state index in [4.69, 9.17) is 5.26 Å². The van der Waals surface area contributed by atoms with Gasteiger partial charge in [-0.15, -0.1) is 0 Å². The number of nitro groups is 1. The highest BCUT2D eigenvalue weighted by molar-refractivity contribution is 7.92. The summed E-state index contributed by atoms with van der Waals surface area (Å²) in [5.74, 6) is 0. The highest BCUT2D eigenvalue weighted by Gasteiger charge is 2.25. The van der Waals surface area contributed by atoms with Crippen LogP contribution in [0.25, 0.3) is 0 Å². The summed E-state index contributed by atoms with van der Waals surface area (Å²) in [4.78, 5) is 9.68. The van der Waals surface area contributed by atoms with Gasteiger partial charge in [-0.05, 0) is 18.2 Å². The van der Waals surface area contributed by atoms with Gasteiger partial charge in [-0.2, -0.15) is 5.26 Å². The summed E-state index contributed by atoms with van der Waals surface area (Å²) >= 11 is 0. The van der Waals surface area contributed by atoms with Crippen LogP contribution in [0.2, 0.25) is 0 Å². The number of rotatable bonds is 4. The maximum absolute atomic E-state index is 12.3. The molecule has 0 amide bonds. The van der Waals surface area contributed by atoms with Crippen LogP contribution < -0.4 is 4.72 Å². The fraction of sp³-hybridized carbons (Fsp3) is 0. The van der Waals surface area contributed by atoms with E-state index in [9.17, 15) is 18.5 Å². The van der Waals surface area contributed by atoms with Crippen LogP contribution in [0.15, 0.2) is 53.4 Å². The number of anilines is 1. The van der Waals surface area contributed by atoms with Crippen LogP contribution in [0, 0.1) is 21.4 Å². The Labute approximate surface area is 120 Å². The van der Waals surface area contributed by atoms with E-state index in [1.54, 1.807) is 12.1 Å². The maximum atomic E-state index is 12.3. The molecule has 0 aromatic heterocycles. The van der Waals surface area contributed by atoms with Gasteiger partial charge in [0.15, 0.2) is 4.90 Å². The lowest BCUT2D eigenvalue weighted by atomic mass is 10.2. The van der Waals surface area contributed by atoms with E-state index >= 15 is 0 Å². The highest BCUT2D eigenvalue weighted by Crippen LogP contribution is 2.26. The first kappa shape index (κ1) is 14.5. The zero-order valence-corrected chi connectivity index (χ0v) is 11.4. The molecule has 7 nitrogen and oxygen atoms in total. The molecule has 0 aliphatic rings. The third-order valence-electron chi connectivity index (χ3n) is 2.64. The van der Waals surface area contributed by atoms with Crippen molar-refractivity contribution in [3.05, 3.63) is 64.2 Å². The molecule has 2 aromatic rings. The number of nitrogens with one attached hydrogen (secondary N) is 1. The number of nitrogens with zero attached hydrogens (tertiary/aromatic N) is 2. The third-order valence-corrected chi connectivity index (χ3v) is 4.06. The van der Waals surface area contributed by atoms with E-state index in [2.05, 4.69) is 4.72 Å². The van der Waals surface area contributed by atoms with Crippen molar-refractivity contribution in [1.29, 1.82) is 5.26 Å². The minimum atomic E-state index is -4.16. The summed E-state index contributed by atoms with van der Waals surface area (Å²) in [6.45, 7) is 0. The molecule has 0 bridgehead atoms. The number of nitriles is 1. The van der Waals surface area contributed by atoms with Gasteiger partial charge in [-0.3, -0.25) is 14.8 Å². The summed E-state index contributed by atoms with van der Waals surface area (Å²) in [6.07, 6.45) is 0. The van der Waals surface area contributed by atoms with Crippen LogP contribution in [-0.4, -0.2) is 13.3 Å². The first-order valence-electron chi connectivity index (χ1n) is 5.71. The zero-order valence-electron chi connectivity index (χ0n) is 10.6. The van der Waals surface area contributed by atoms with Crippen LogP contribution >= 0.6 is 0 Å². The first-order chi connectivity index (χ1) is 9.95. The largest absolute Gasteiger partial charge is 0.289 e. The Balaban J connectivity index is 2.50. The number of nitro benzene ring substituents is 1. The molecule has 0 spiro atoms. The Morgan fingerprint density at radius 1 is 1.10 bits per heavy atom. The lowest BCUT2D eigenvalue weighted by Gasteiger charge is -2.09. The molecule has 0 aliphatic heterocycles. The smallest absolute Gasteiger partial charge is 0.278 e. The minimum Gasteiger partial charge on any atom is -0.278 e. The summed E-state index contributed by atoms with van der Waals surface area (Å²) in [7, 11) is -4.16. The van der Waals surface area contributed by atoms with Gasteiger partial charge in [0.25, 0.3) is 15.7 Å². The van der Waals surface area contributed by atoms with Crippen molar-refractivity contribution < 1.29 is 13.3 Å². The zero-order chi connectivity index (χ0) is 15.5. The molecule has 8 heteroatoms. The fourth-order valence-corrected chi connectivity index (χ4v) is 2.96. The van der Waals surface area contributed by atoms with Gasteiger partial charge in [0, 0.05) is 6.07 Å². The summed E-state index contributed by atoms with van der Waals surface area (Å²) in [5.41, 5.74) is -0.336. The summed E-state index contributed by atoms with van der Waals surface area (Å²) < 4.78 is 26.7. The SMILES string of the molecule is N#Cc1ccccc1NS(=O)(=O)c1ccccc1[N+](=O)[O-]. The summed E-state index contributed by atoms with van der Waals surface area (Å²) in [5, 5.41) is 19.8. The van der Waals surface area contributed by atoms with Gasteiger partial charge in [-0.25, -0.2) is 8.42 Å². The first-order valence-corrected chi connectivity index (χ1v) is 7.19. The van der Waals surface area contributed by atoms with Crippen molar-refractivity contribution >= 4 is 21.4 Å². The second-order valence-corrected chi connectivity index (χ2v) is 5.64. The molecule has 2 aromatic carbocycles. The molecule has 106 valence electrons. The molecule has 0 atom stereocenters. The monoisotopic (exact) mass is 303 g/mol. The van der Waals surface area contributed by atoms with Crippen molar-refractivity contribution in [2.75, 3.05) is 4.72 Å². The lowest BCUT2D eigenvalue weighted by Crippen LogP contribution is -2.15. The van der Waals surface area contributed by atoms with Crippen LogP contribution in [0.5, 0.6) is 0 Å². The van der Waals surface area contributed by atoms with Gasteiger partial charge in [-0.1, -0.05) is 24.3 Å². The quantitative estimate of drug-likeness (QED) is 0.687. The molecule has 1 N–H and O–H groups in total. The summed E-state index contributed by atoms with van der Waals surface area (Å²) in [6, 6.07) is 12.8. The van der Waals surface area contributed by atoms with Gasteiger partial charge in [0.2, 0.25) is 0 Å². The van der Waals surface area contributed by atoms with Crippen molar-refractivity contribution in [3.8, 4) is 6.07 Å². The van der Waals surface area contributed by atoms with Crippen molar-refractivity contribution in [2.45, 2.75) is 4.90 Å². The van der Waals surface area contributed by atoms with E-state index in [0.29, 0.717) is 0 Å². The predicted molar refractivity (Wildman–Crippen MR) is 75.1 cm³/mol. The second kappa shape index (κ2) is 5.60. The second-order valence-electron chi connectivity index (χ2n) is 3.99. The molecule has 0 radical (unpaired) electrons. The van der Waals surface area contributed by atoms with Gasteiger partial charge >= 0.3 is 0 Å². The molecule has 21 heavy (non-hydrogen) atoms. The van der Waals surface area contributed by atoms with E-state index in [1.807, 2.05) is 6.07 Å². The highest BCUT2D eigenvalue weighted by atomic mass is 32.2. The maximum Gasteiger partial charge on any atom is 0.289 e. The molecule has 0 saturated heterocycles.